The summed E-state index contributed by atoms with van der Waals surface area (Å²) in [5.74, 6) is 0. The SMILES string of the molecule is Cc1cccs1.[O]CCC(F)(F)F. The van der Waals surface area contributed by atoms with Crippen molar-refractivity contribution in [2.45, 2.75) is 19.5 Å². The van der Waals surface area contributed by atoms with Crippen molar-refractivity contribution in [3.8, 4) is 0 Å². The first-order valence-electron chi connectivity index (χ1n) is 3.60. The fraction of sp³-hybridized carbons (Fsp3) is 0.500. The van der Waals surface area contributed by atoms with Gasteiger partial charge in [-0.3, -0.25) is 0 Å². The molecule has 5 heteroatoms. The second-order valence-electron chi connectivity index (χ2n) is 2.29. The molecule has 75 valence electrons. The summed E-state index contributed by atoms with van der Waals surface area (Å²) in [5, 5.41) is 11.3. The highest BCUT2D eigenvalue weighted by Crippen LogP contribution is 2.17. The monoisotopic (exact) mass is 211 g/mol. The summed E-state index contributed by atoms with van der Waals surface area (Å²) in [6.07, 6.45) is -5.48. The molecule has 0 fully saturated rings. The van der Waals surface area contributed by atoms with Crippen LogP contribution < -0.4 is 0 Å². The number of halogens is 3. The highest BCUT2D eigenvalue weighted by Gasteiger charge is 2.25. The van der Waals surface area contributed by atoms with Crippen LogP contribution in [-0.4, -0.2) is 12.8 Å². The Morgan fingerprint density at radius 2 is 2.08 bits per heavy atom. The van der Waals surface area contributed by atoms with E-state index >= 15 is 0 Å². The third-order valence-corrected chi connectivity index (χ3v) is 1.85. The van der Waals surface area contributed by atoms with E-state index in [1.807, 2.05) is 0 Å². The summed E-state index contributed by atoms with van der Waals surface area (Å²) < 4.78 is 32.6. The molecule has 0 saturated carbocycles. The van der Waals surface area contributed by atoms with Gasteiger partial charge in [-0.05, 0) is 18.4 Å². The molecule has 0 N–H and O–H groups in total. The molecule has 1 rings (SSSR count). The minimum Gasteiger partial charge on any atom is -0.236 e. The Bertz CT molecular complexity index is 206. The van der Waals surface area contributed by atoms with E-state index in [1.165, 1.54) is 4.88 Å². The third-order valence-electron chi connectivity index (χ3n) is 1.05. The van der Waals surface area contributed by atoms with Gasteiger partial charge in [-0.2, -0.15) is 13.2 Å². The number of hydrogen-bond acceptors (Lipinski definition) is 1. The summed E-state index contributed by atoms with van der Waals surface area (Å²) in [6, 6.07) is 4.16. The van der Waals surface area contributed by atoms with Gasteiger partial charge in [0, 0.05) is 4.88 Å². The van der Waals surface area contributed by atoms with Crippen molar-refractivity contribution in [2.75, 3.05) is 6.61 Å². The Balaban J connectivity index is 0.000000223. The number of hydrogen-bond donors (Lipinski definition) is 0. The lowest BCUT2D eigenvalue weighted by atomic mass is 10.5. The molecule has 1 aromatic rings. The van der Waals surface area contributed by atoms with Crippen LogP contribution in [0.2, 0.25) is 0 Å². The number of rotatable bonds is 1. The van der Waals surface area contributed by atoms with Crippen molar-refractivity contribution in [1.82, 2.24) is 0 Å². The van der Waals surface area contributed by atoms with Crippen LogP contribution in [0.5, 0.6) is 0 Å². The van der Waals surface area contributed by atoms with E-state index in [4.69, 9.17) is 0 Å². The standard InChI is InChI=1S/C5H6S.C3H4F3O/c1-5-3-2-4-6-5;4-3(5,6)1-2-7/h2-4H,1H3;1-2H2. The van der Waals surface area contributed by atoms with Crippen molar-refractivity contribution in [2.24, 2.45) is 0 Å². The van der Waals surface area contributed by atoms with Crippen LogP contribution in [0.25, 0.3) is 0 Å². The molecule has 13 heavy (non-hydrogen) atoms. The normalized spacial score (nSPS) is 10.5. The van der Waals surface area contributed by atoms with Gasteiger partial charge in [-0.15, -0.1) is 11.3 Å². The smallest absolute Gasteiger partial charge is 0.236 e. The van der Waals surface area contributed by atoms with Crippen molar-refractivity contribution in [3.05, 3.63) is 22.4 Å². The zero-order valence-corrected chi connectivity index (χ0v) is 7.91. The molecular weight excluding hydrogens is 201 g/mol. The maximum atomic E-state index is 10.9. The number of thiophene rings is 1. The van der Waals surface area contributed by atoms with Gasteiger partial charge in [0.1, 0.15) is 0 Å². The third kappa shape index (κ3) is 9.36. The number of alkyl halides is 3. The molecule has 0 aliphatic carbocycles. The molecule has 0 unspecified atom stereocenters. The van der Waals surface area contributed by atoms with Crippen LogP contribution in [0.1, 0.15) is 11.3 Å². The molecule has 0 atom stereocenters. The predicted octanol–water partition coefficient (Wildman–Crippen LogP) is 3.43. The molecule has 0 aliphatic rings. The summed E-state index contributed by atoms with van der Waals surface area (Å²) >= 11 is 1.78. The van der Waals surface area contributed by atoms with Crippen LogP contribution in [0.3, 0.4) is 0 Å². The minimum absolute atomic E-state index is 1.07. The first-order chi connectivity index (χ1) is 5.95. The summed E-state index contributed by atoms with van der Waals surface area (Å²) in [6.45, 7) is 1.04. The lowest BCUT2D eigenvalue weighted by Crippen LogP contribution is -2.08. The molecule has 1 radical (unpaired) electrons. The van der Waals surface area contributed by atoms with E-state index < -0.39 is 19.2 Å². The Morgan fingerprint density at radius 1 is 1.46 bits per heavy atom. The van der Waals surface area contributed by atoms with Gasteiger partial charge in [0.2, 0.25) is 0 Å². The van der Waals surface area contributed by atoms with Crippen molar-refractivity contribution >= 4 is 11.3 Å². The van der Waals surface area contributed by atoms with Gasteiger partial charge in [0.25, 0.3) is 0 Å². The van der Waals surface area contributed by atoms with Gasteiger partial charge < -0.3 is 0 Å². The quantitative estimate of drug-likeness (QED) is 0.678. The first-order valence-corrected chi connectivity index (χ1v) is 4.48. The Hall–Kier alpha value is -0.550. The van der Waals surface area contributed by atoms with Gasteiger partial charge in [-0.25, -0.2) is 5.11 Å². The molecule has 0 aliphatic heterocycles. The summed E-state index contributed by atoms with van der Waals surface area (Å²) in [5.41, 5.74) is 0. The van der Waals surface area contributed by atoms with E-state index in [-0.39, 0.29) is 0 Å². The van der Waals surface area contributed by atoms with Crippen LogP contribution in [0, 0.1) is 6.92 Å². The van der Waals surface area contributed by atoms with Gasteiger partial charge in [-0.1, -0.05) is 6.07 Å². The molecular formula is C8H10F3OS. The molecule has 1 heterocycles. The van der Waals surface area contributed by atoms with Crippen molar-refractivity contribution < 1.29 is 18.3 Å². The van der Waals surface area contributed by atoms with Crippen LogP contribution >= 0.6 is 11.3 Å². The average molecular weight is 211 g/mol. The maximum Gasteiger partial charge on any atom is 0.391 e. The summed E-state index contributed by atoms with van der Waals surface area (Å²) in [7, 11) is 0. The highest BCUT2D eigenvalue weighted by atomic mass is 32.1. The lowest BCUT2D eigenvalue weighted by Gasteiger charge is -1.98. The van der Waals surface area contributed by atoms with Gasteiger partial charge in [0.05, 0.1) is 13.0 Å². The Morgan fingerprint density at radius 3 is 2.15 bits per heavy atom. The Kier molecular flexibility index (Phi) is 5.73. The maximum absolute atomic E-state index is 10.9. The second kappa shape index (κ2) is 5.99. The van der Waals surface area contributed by atoms with Gasteiger partial charge >= 0.3 is 6.18 Å². The second-order valence-corrected chi connectivity index (χ2v) is 3.44. The molecule has 0 saturated heterocycles. The van der Waals surface area contributed by atoms with E-state index in [9.17, 15) is 18.3 Å². The molecule has 0 bridgehead atoms. The van der Waals surface area contributed by atoms with Crippen LogP contribution in [0.4, 0.5) is 13.2 Å². The van der Waals surface area contributed by atoms with Gasteiger partial charge in [0.15, 0.2) is 0 Å². The fourth-order valence-electron chi connectivity index (χ4n) is 0.476. The first kappa shape index (κ1) is 12.4. The van der Waals surface area contributed by atoms with Crippen LogP contribution in [0.15, 0.2) is 17.5 Å². The van der Waals surface area contributed by atoms with E-state index in [1.54, 1.807) is 11.3 Å². The average Bonchev–Trinajstić information content (AvgIpc) is 2.38. The lowest BCUT2D eigenvalue weighted by molar-refractivity contribution is -0.144. The molecule has 0 spiro atoms. The fourth-order valence-corrected chi connectivity index (χ4v) is 1.01. The van der Waals surface area contributed by atoms with E-state index in [2.05, 4.69) is 24.4 Å². The number of aryl methyl sites for hydroxylation is 1. The highest BCUT2D eigenvalue weighted by molar-refractivity contribution is 7.09. The zero-order valence-electron chi connectivity index (χ0n) is 7.10. The van der Waals surface area contributed by atoms with Crippen molar-refractivity contribution in [3.63, 3.8) is 0 Å². The molecule has 1 nitrogen and oxygen atoms in total. The zero-order chi connectivity index (χ0) is 10.3. The minimum atomic E-state index is -4.26. The van der Waals surface area contributed by atoms with E-state index in [0.29, 0.717) is 0 Å². The molecule has 0 amide bonds. The largest absolute Gasteiger partial charge is 0.391 e. The topological polar surface area (TPSA) is 19.9 Å². The summed E-state index contributed by atoms with van der Waals surface area (Å²) in [4.78, 5) is 1.38. The molecule has 0 aromatic carbocycles. The Labute approximate surface area is 78.8 Å². The van der Waals surface area contributed by atoms with Crippen molar-refractivity contribution in [1.29, 1.82) is 0 Å². The predicted molar refractivity (Wildman–Crippen MR) is 45.3 cm³/mol. The molecule has 1 aromatic heterocycles. The van der Waals surface area contributed by atoms with Crippen LogP contribution in [-0.2, 0) is 5.11 Å². The van der Waals surface area contributed by atoms with E-state index in [0.717, 1.165) is 0 Å².